The number of hydrogen-bond acceptors (Lipinski definition) is 3. The molecule has 1 heterocycles. The zero-order chi connectivity index (χ0) is 18.5. The number of pyridine rings is 1. The molecule has 3 aromatic rings. The van der Waals surface area contributed by atoms with Gasteiger partial charge in [0.15, 0.2) is 0 Å². The molecule has 3 rings (SSSR count). The Morgan fingerprint density at radius 1 is 1.00 bits per heavy atom. The Bertz CT molecular complexity index is 943. The van der Waals surface area contributed by atoms with E-state index in [1.54, 1.807) is 41.4 Å². The number of fused-ring (bicyclic) bond motifs is 1. The second-order valence-electron chi connectivity index (χ2n) is 5.89. The fourth-order valence-corrected chi connectivity index (χ4v) is 2.92. The molecule has 0 fully saturated rings. The molecule has 0 saturated heterocycles. The molecule has 0 aliphatic heterocycles. The molecular formula is C21H21N3O2. The van der Waals surface area contributed by atoms with Crippen LogP contribution in [0.3, 0.4) is 0 Å². The summed E-state index contributed by atoms with van der Waals surface area (Å²) in [5, 5.41) is 3.68. The number of carbonyl (C=O) groups is 2. The van der Waals surface area contributed by atoms with Crippen molar-refractivity contribution in [2.24, 2.45) is 0 Å². The molecule has 0 bridgehead atoms. The fourth-order valence-electron chi connectivity index (χ4n) is 2.92. The van der Waals surface area contributed by atoms with Crippen LogP contribution in [0.4, 0.5) is 5.69 Å². The number of rotatable bonds is 5. The van der Waals surface area contributed by atoms with Gasteiger partial charge in [0, 0.05) is 35.9 Å². The maximum atomic E-state index is 12.7. The zero-order valence-electron chi connectivity index (χ0n) is 14.9. The number of aromatic nitrogens is 1. The van der Waals surface area contributed by atoms with Crippen molar-refractivity contribution in [3.8, 4) is 0 Å². The van der Waals surface area contributed by atoms with Crippen LogP contribution in [-0.2, 0) is 0 Å². The van der Waals surface area contributed by atoms with Gasteiger partial charge < -0.3 is 10.2 Å². The van der Waals surface area contributed by atoms with E-state index in [0.29, 0.717) is 29.9 Å². The molecule has 26 heavy (non-hydrogen) atoms. The Balaban J connectivity index is 1.86. The van der Waals surface area contributed by atoms with Gasteiger partial charge in [0.05, 0.1) is 11.1 Å². The summed E-state index contributed by atoms with van der Waals surface area (Å²) in [6.07, 6.45) is 1.62. The van der Waals surface area contributed by atoms with Crippen LogP contribution in [0, 0.1) is 0 Å². The molecule has 5 heteroatoms. The van der Waals surface area contributed by atoms with E-state index in [1.807, 2.05) is 38.1 Å². The number of nitrogens with zero attached hydrogens (tertiary/aromatic N) is 2. The topological polar surface area (TPSA) is 62.3 Å². The van der Waals surface area contributed by atoms with Gasteiger partial charge in [0.2, 0.25) is 0 Å². The van der Waals surface area contributed by atoms with Crippen molar-refractivity contribution in [3.63, 3.8) is 0 Å². The average molecular weight is 347 g/mol. The summed E-state index contributed by atoms with van der Waals surface area (Å²) in [6, 6.07) is 16.2. The van der Waals surface area contributed by atoms with Crippen molar-refractivity contribution < 1.29 is 9.59 Å². The number of benzene rings is 2. The van der Waals surface area contributed by atoms with Gasteiger partial charge in [-0.15, -0.1) is 0 Å². The lowest BCUT2D eigenvalue weighted by Gasteiger charge is -2.19. The summed E-state index contributed by atoms with van der Waals surface area (Å²) in [5.41, 5.74) is 2.47. The predicted octanol–water partition coefficient (Wildman–Crippen LogP) is 3.97. The molecule has 0 saturated carbocycles. The van der Waals surface area contributed by atoms with Crippen LogP contribution < -0.4 is 5.32 Å². The van der Waals surface area contributed by atoms with Crippen molar-refractivity contribution in [3.05, 3.63) is 71.9 Å². The van der Waals surface area contributed by atoms with Crippen LogP contribution in [0.25, 0.3) is 10.9 Å². The van der Waals surface area contributed by atoms with Gasteiger partial charge >= 0.3 is 0 Å². The third-order valence-electron chi connectivity index (χ3n) is 4.31. The summed E-state index contributed by atoms with van der Waals surface area (Å²) in [5.74, 6) is -0.267. The minimum atomic E-state index is -0.226. The lowest BCUT2D eigenvalue weighted by atomic mass is 10.1. The normalized spacial score (nSPS) is 10.5. The Hall–Kier alpha value is -3.21. The Morgan fingerprint density at radius 2 is 1.77 bits per heavy atom. The van der Waals surface area contributed by atoms with E-state index in [9.17, 15) is 9.59 Å². The van der Waals surface area contributed by atoms with Crippen LogP contribution in [0.2, 0.25) is 0 Å². The monoisotopic (exact) mass is 347 g/mol. The van der Waals surface area contributed by atoms with E-state index in [0.717, 1.165) is 10.9 Å². The maximum absolute atomic E-state index is 12.7. The first-order valence-electron chi connectivity index (χ1n) is 8.68. The van der Waals surface area contributed by atoms with Gasteiger partial charge in [-0.25, -0.2) is 0 Å². The number of anilines is 1. The largest absolute Gasteiger partial charge is 0.339 e. The Labute approximate surface area is 152 Å². The molecule has 132 valence electrons. The van der Waals surface area contributed by atoms with Gasteiger partial charge in [-0.1, -0.05) is 24.3 Å². The smallest absolute Gasteiger partial charge is 0.256 e. The molecule has 0 radical (unpaired) electrons. The molecule has 1 N–H and O–H groups in total. The average Bonchev–Trinajstić information content (AvgIpc) is 2.68. The number of para-hydroxylation sites is 1. The summed E-state index contributed by atoms with van der Waals surface area (Å²) < 4.78 is 0. The minimum Gasteiger partial charge on any atom is -0.339 e. The van der Waals surface area contributed by atoms with Crippen molar-refractivity contribution >= 4 is 28.4 Å². The molecule has 0 spiro atoms. The SMILES string of the molecule is CCN(CC)C(=O)c1cccc(NC(=O)c2ccnc3ccccc23)c1. The van der Waals surface area contributed by atoms with Gasteiger partial charge in [-0.2, -0.15) is 0 Å². The summed E-state index contributed by atoms with van der Waals surface area (Å²) in [7, 11) is 0. The van der Waals surface area contributed by atoms with Gasteiger partial charge in [0.1, 0.15) is 0 Å². The van der Waals surface area contributed by atoms with Crippen molar-refractivity contribution in [1.82, 2.24) is 9.88 Å². The summed E-state index contributed by atoms with van der Waals surface area (Å²) in [6.45, 7) is 5.19. The number of amides is 2. The Kier molecular flexibility index (Phi) is 5.27. The standard InChI is InChI=1S/C21H21N3O2/c1-3-24(4-2)21(26)15-8-7-9-16(14-15)23-20(25)18-12-13-22-19-11-6-5-10-17(18)19/h5-14H,3-4H2,1-2H3,(H,23,25). The quantitative estimate of drug-likeness (QED) is 0.760. The molecule has 0 aliphatic carbocycles. The molecule has 0 aliphatic rings. The zero-order valence-corrected chi connectivity index (χ0v) is 14.9. The first-order valence-corrected chi connectivity index (χ1v) is 8.68. The summed E-state index contributed by atoms with van der Waals surface area (Å²) >= 11 is 0. The van der Waals surface area contributed by atoms with E-state index in [-0.39, 0.29) is 11.8 Å². The second-order valence-corrected chi connectivity index (χ2v) is 5.89. The van der Waals surface area contributed by atoms with E-state index in [2.05, 4.69) is 10.3 Å². The van der Waals surface area contributed by atoms with Gasteiger partial charge in [-0.05, 0) is 44.2 Å². The Morgan fingerprint density at radius 3 is 2.54 bits per heavy atom. The molecular weight excluding hydrogens is 326 g/mol. The van der Waals surface area contributed by atoms with Crippen LogP contribution in [0.1, 0.15) is 34.6 Å². The maximum Gasteiger partial charge on any atom is 0.256 e. The van der Waals surface area contributed by atoms with E-state index < -0.39 is 0 Å². The lowest BCUT2D eigenvalue weighted by Crippen LogP contribution is -2.30. The molecule has 1 aromatic heterocycles. The van der Waals surface area contributed by atoms with Crippen molar-refractivity contribution in [2.75, 3.05) is 18.4 Å². The lowest BCUT2D eigenvalue weighted by molar-refractivity contribution is 0.0772. The number of hydrogen-bond donors (Lipinski definition) is 1. The highest BCUT2D eigenvalue weighted by atomic mass is 16.2. The molecule has 0 atom stereocenters. The van der Waals surface area contributed by atoms with E-state index in [4.69, 9.17) is 0 Å². The molecule has 2 amide bonds. The second kappa shape index (κ2) is 7.78. The van der Waals surface area contributed by atoms with Crippen molar-refractivity contribution in [1.29, 1.82) is 0 Å². The fraction of sp³-hybridized carbons (Fsp3) is 0.190. The van der Waals surface area contributed by atoms with Crippen LogP contribution in [0.15, 0.2) is 60.8 Å². The molecule has 0 unspecified atom stereocenters. The van der Waals surface area contributed by atoms with Crippen molar-refractivity contribution in [2.45, 2.75) is 13.8 Å². The van der Waals surface area contributed by atoms with Crippen LogP contribution >= 0.6 is 0 Å². The summed E-state index contributed by atoms with van der Waals surface area (Å²) in [4.78, 5) is 31.2. The number of nitrogens with one attached hydrogen (secondary N) is 1. The van der Waals surface area contributed by atoms with Crippen LogP contribution in [0.5, 0.6) is 0 Å². The third-order valence-corrected chi connectivity index (χ3v) is 4.31. The number of carbonyl (C=O) groups excluding carboxylic acids is 2. The van der Waals surface area contributed by atoms with Gasteiger partial charge in [0.25, 0.3) is 11.8 Å². The van der Waals surface area contributed by atoms with E-state index >= 15 is 0 Å². The van der Waals surface area contributed by atoms with Crippen LogP contribution in [-0.4, -0.2) is 34.8 Å². The van der Waals surface area contributed by atoms with Gasteiger partial charge in [-0.3, -0.25) is 14.6 Å². The van der Waals surface area contributed by atoms with E-state index in [1.165, 1.54) is 0 Å². The highest BCUT2D eigenvalue weighted by molar-refractivity contribution is 6.12. The first-order chi connectivity index (χ1) is 12.6. The third kappa shape index (κ3) is 3.57. The molecule has 5 nitrogen and oxygen atoms in total. The minimum absolute atomic E-state index is 0.0412. The first kappa shape index (κ1) is 17.6. The molecule has 2 aromatic carbocycles. The highest BCUT2D eigenvalue weighted by Gasteiger charge is 2.14. The highest BCUT2D eigenvalue weighted by Crippen LogP contribution is 2.19. The predicted molar refractivity (Wildman–Crippen MR) is 103 cm³/mol.